The summed E-state index contributed by atoms with van der Waals surface area (Å²) < 4.78 is 10.3. The maximum atomic E-state index is 11.6. The number of nitrogens with zero attached hydrogens (tertiary/aromatic N) is 2. The van der Waals surface area contributed by atoms with Crippen molar-refractivity contribution in [3.8, 4) is 6.01 Å². The Morgan fingerprint density at radius 3 is 2.69 bits per heavy atom. The molecule has 1 aromatic rings. The van der Waals surface area contributed by atoms with Crippen molar-refractivity contribution in [1.82, 2.24) is 9.97 Å². The van der Waals surface area contributed by atoms with Crippen molar-refractivity contribution in [1.29, 1.82) is 0 Å². The lowest BCUT2D eigenvalue weighted by Crippen LogP contribution is -2.24. The Kier molecular flexibility index (Phi) is 3.82. The highest BCUT2D eigenvalue weighted by Crippen LogP contribution is 2.11. The van der Waals surface area contributed by atoms with E-state index in [2.05, 4.69) is 9.97 Å². The molecular weight excluding hydrogens is 208 g/mol. The molecule has 0 fully saturated rings. The first kappa shape index (κ1) is 12.4. The molecular formula is C11H16N2O3. The highest BCUT2D eigenvalue weighted by Gasteiger charge is 2.19. The molecule has 5 nitrogen and oxygen atoms in total. The van der Waals surface area contributed by atoms with Gasteiger partial charge in [-0.1, -0.05) is 0 Å². The predicted molar refractivity (Wildman–Crippen MR) is 58.4 cm³/mol. The van der Waals surface area contributed by atoms with Gasteiger partial charge in [0.25, 0.3) is 0 Å². The molecule has 0 atom stereocenters. The fourth-order valence-corrected chi connectivity index (χ4v) is 0.984. The van der Waals surface area contributed by atoms with Gasteiger partial charge in [-0.3, -0.25) is 0 Å². The Morgan fingerprint density at radius 1 is 1.44 bits per heavy atom. The summed E-state index contributed by atoms with van der Waals surface area (Å²) in [5.41, 5.74) is -0.332. The minimum absolute atomic E-state index is 0.186. The highest BCUT2D eigenvalue weighted by atomic mass is 16.6. The van der Waals surface area contributed by atoms with Crippen molar-refractivity contribution >= 4 is 5.97 Å². The summed E-state index contributed by atoms with van der Waals surface area (Å²) in [4.78, 5) is 19.5. The molecule has 0 saturated heterocycles. The average molecular weight is 224 g/mol. The van der Waals surface area contributed by atoms with Gasteiger partial charge in [-0.25, -0.2) is 9.78 Å². The van der Waals surface area contributed by atoms with Crippen LogP contribution in [0, 0.1) is 0 Å². The monoisotopic (exact) mass is 224 g/mol. The van der Waals surface area contributed by atoms with Crippen molar-refractivity contribution in [3.05, 3.63) is 18.0 Å². The summed E-state index contributed by atoms with van der Waals surface area (Å²) in [7, 11) is 0. The van der Waals surface area contributed by atoms with E-state index in [0.717, 1.165) is 0 Å². The first-order chi connectivity index (χ1) is 7.42. The molecule has 0 N–H and O–H groups in total. The van der Waals surface area contributed by atoms with Gasteiger partial charge in [0.1, 0.15) is 5.60 Å². The molecule has 0 aliphatic rings. The van der Waals surface area contributed by atoms with E-state index in [0.29, 0.717) is 6.61 Å². The standard InChI is InChI=1S/C11H16N2O3/c1-5-15-10-12-7-6-8(13-10)9(14)16-11(2,3)4/h6-7H,5H2,1-4H3. The largest absolute Gasteiger partial charge is 0.464 e. The number of aromatic nitrogens is 2. The Bertz CT molecular complexity index is 372. The quantitative estimate of drug-likeness (QED) is 0.733. The van der Waals surface area contributed by atoms with Crippen LogP contribution in [-0.2, 0) is 4.74 Å². The Morgan fingerprint density at radius 2 is 2.12 bits per heavy atom. The van der Waals surface area contributed by atoms with E-state index in [-0.39, 0.29) is 11.7 Å². The zero-order chi connectivity index (χ0) is 12.2. The highest BCUT2D eigenvalue weighted by molar-refractivity contribution is 5.87. The normalized spacial score (nSPS) is 11.0. The van der Waals surface area contributed by atoms with E-state index < -0.39 is 11.6 Å². The molecule has 0 aromatic carbocycles. The molecule has 0 aliphatic carbocycles. The van der Waals surface area contributed by atoms with Gasteiger partial charge in [0.05, 0.1) is 6.61 Å². The van der Waals surface area contributed by atoms with Crippen LogP contribution in [0.5, 0.6) is 6.01 Å². The van der Waals surface area contributed by atoms with Gasteiger partial charge < -0.3 is 9.47 Å². The summed E-state index contributed by atoms with van der Waals surface area (Å²) in [5, 5.41) is 0. The second-order valence-corrected chi connectivity index (χ2v) is 4.16. The smallest absolute Gasteiger partial charge is 0.357 e. The van der Waals surface area contributed by atoms with Gasteiger partial charge in [0.15, 0.2) is 5.69 Å². The number of hydrogen-bond acceptors (Lipinski definition) is 5. The van der Waals surface area contributed by atoms with Gasteiger partial charge in [-0.05, 0) is 33.8 Å². The number of hydrogen-bond donors (Lipinski definition) is 0. The van der Waals surface area contributed by atoms with Crippen molar-refractivity contribution in [2.45, 2.75) is 33.3 Å². The van der Waals surface area contributed by atoms with Crippen LogP contribution in [0.25, 0.3) is 0 Å². The van der Waals surface area contributed by atoms with E-state index in [4.69, 9.17) is 9.47 Å². The number of ether oxygens (including phenoxy) is 2. The SMILES string of the molecule is CCOc1nccc(C(=O)OC(C)(C)C)n1. The number of esters is 1. The van der Waals surface area contributed by atoms with Crippen LogP contribution in [-0.4, -0.2) is 28.1 Å². The molecule has 0 radical (unpaired) electrons. The zero-order valence-electron chi connectivity index (χ0n) is 9.98. The zero-order valence-corrected chi connectivity index (χ0v) is 9.98. The molecule has 1 heterocycles. The third-order valence-corrected chi connectivity index (χ3v) is 1.51. The minimum Gasteiger partial charge on any atom is -0.464 e. The summed E-state index contributed by atoms with van der Waals surface area (Å²) in [6.45, 7) is 7.68. The Balaban J connectivity index is 2.79. The first-order valence-corrected chi connectivity index (χ1v) is 5.11. The fraction of sp³-hybridized carbons (Fsp3) is 0.545. The van der Waals surface area contributed by atoms with Gasteiger partial charge in [0.2, 0.25) is 0 Å². The van der Waals surface area contributed by atoms with Gasteiger partial charge >= 0.3 is 12.0 Å². The lowest BCUT2D eigenvalue weighted by atomic mass is 10.2. The second kappa shape index (κ2) is 4.92. The fourth-order valence-electron chi connectivity index (χ4n) is 0.984. The number of carbonyl (C=O) groups excluding carboxylic acids is 1. The maximum Gasteiger partial charge on any atom is 0.357 e. The first-order valence-electron chi connectivity index (χ1n) is 5.11. The third-order valence-electron chi connectivity index (χ3n) is 1.51. The lowest BCUT2D eigenvalue weighted by molar-refractivity contribution is 0.00614. The van der Waals surface area contributed by atoms with Crippen molar-refractivity contribution in [2.75, 3.05) is 6.61 Å². The minimum atomic E-state index is -0.534. The molecule has 1 aromatic heterocycles. The van der Waals surface area contributed by atoms with Gasteiger partial charge in [-0.15, -0.1) is 0 Å². The van der Waals surface area contributed by atoms with Crippen molar-refractivity contribution in [3.63, 3.8) is 0 Å². The van der Waals surface area contributed by atoms with E-state index >= 15 is 0 Å². The molecule has 16 heavy (non-hydrogen) atoms. The maximum absolute atomic E-state index is 11.6. The van der Waals surface area contributed by atoms with E-state index in [1.165, 1.54) is 12.3 Å². The van der Waals surface area contributed by atoms with E-state index in [9.17, 15) is 4.79 Å². The summed E-state index contributed by atoms with van der Waals surface area (Å²) >= 11 is 0. The molecule has 0 amide bonds. The van der Waals surface area contributed by atoms with Crippen LogP contribution >= 0.6 is 0 Å². The number of rotatable bonds is 3. The molecule has 88 valence electrons. The third kappa shape index (κ3) is 3.84. The van der Waals surface area contributed by atoms with E-state index in [1.807, 2.05) is 6.92 Å². The lowest BCUT2D eigenvalue weighted by Gasteiger charge is -2.18. The molecule has 0 spiro atoms. The molecule has 5 heteroatoms. The Labute approximate surface area is 94.8 Å². The predicted octanol–water partition coefficient (Wildman–Crippen LogP) is 1.83. The van der Waals surface area contributed by atoms with Gasteiger partial charge in [-0.2, -0.15) is 4.98 Å². The molecule has 0 bridgehead atoms. The summed E-state index contributed by atoms with van der Waals surface area (Å²) in [6.07, 6.45) is 1.47. The van der Waals surface area contributed by atoms with Crippen LogP contribution in [0.2, 0.25) is 0 Å². The Hall–Kier alpha value is -1.65. The molecule has 0 saturated carbocycles. The van der Waals surface area contributed by atoms with Crippen LogP contribution in [0.1, 0.15) is 38.2 Å². The number of carbonyl (C=O) groups is 1. The van der Waals surface area contributed by atoms with Crippen molar-refractivity contribution < 1.29 is 14.3 Å². The van der Waals surface area contributed by atoms with Crippen LogP contribution in [0.4, 0.5) is 0 Å². The summed E-state index contributed by atoms with van der Waals surface area (Å²) in [5.74, 6) is -0.476. The van der Waals surface area contributed by atoms with Crippen LogP contribution in [0.3, 0.4) is 0 Å². The summed E-state index contributed by atoms with van der Waals surface area (Å²) in [6, 6.07) is 1.68. The molecule has 0 unspecified atom stereocenters. The second-order valence-electron chi connectivity index (χ2n) is 4.16. The molecule has 1 rings (SSSR count). The average Bonchev–Trinajstić information content (AvgIpc) is 2.16. The molecule has 0 aliphatic heterocycles. The van der Waals surface area contributed by atoms with Crippen LogP contribution in [0.15, 0.2) is 12.3 Å². The topological polar surface area (TPSA) is 61.3 Å². The van der Waals surface area contributed by atoms with Crippen molar-refractivity contribution in [2.24, 2.45) is 0 Å². The van der Waals surface area contributed by atoms with E-state index in [1.54, 1.807) is 20.8 Å². The van der Waals surface area contributed by atoms with Crippen LogP contribution < -0.4 is 4.74 Å². The van der Waals surface area contributed by atoms with Gasteiger partial charge in [0, 0.05) is 6.20 Å².